The van der Waals surface area contributed by atoms with Gasteiger partial charge in [-0.3, -0.25) is 9.59 Å². The Labute approximate surface area is 112 Å². The SMILES string of the molecule is CCCn1cc(N)cc1C(=O)NC1CCN(C)C1=O. The zero-order valence-electron chi connectivity index (χ0n) is 11.3. The molecule has 1 fully saturated rings. The fourth-order valence-electron chi connectivity index (χ4n) is 2.34. The van der Waals surface area contributed by atoms with Crippen LogP contribution in [-0.4, -0.2) is 40.9 Å². The Kier molecular flexibility index (Phi) is 3.78. The summed E-state index contributed by atoms with van der Waals surface area (Å²) in [6.45, 7) is 3.45. The number of nitrogens with zero attached hydrogens (tertiary/aromatic N) is 2. The highest BCUT2D eigenvalue weighted by molar-refractivity contribution is 5.97. The highest BCUT2D eigenvalue weighted by Crippen LogP contribution is 2.14. The van der Waals surface area contributed by atoms with Crippen molar-refractivity contribution in [1.29, 1.82) is 0 Å². The third kappa shape index (κ3) is 2.72. The number of carbonyl (C=O) groups excluding carboxylic acids is 2. The number of likely N-dealkylation sites (tertiary alicyclic amines) is 1. The van der Waals surface area contributed by atoms with Crippen molar-refractivity contribution in [3.8, 4) is 0 Å². The highest BCUT2D eigenvalue weighted by Gasteiger charge is 2.31. The third-order valence-electron chi connectivity index (χ3n) is 3.35. The smallest absolute Gasteiger partial charge is 0.268 e. The maximum atomic E-state index is 12.2. The minimum atomic E-state index is -0.413. The molecule has 1 aliphatic heterocycles. The average molecular weight is 264 g/mol. The number of carbonyl (C=O) groups is 2. The summed E-state index contributed by atoms with van der Waals surface area (Å²) in [5.74, 6) is -0.270. The first-order chi connectivity index (χ1) is 9.02. The van der Waals surface area contributed by atoms with E-state index in [2.05, 4.69) is 5.32 Å². The summed E-state index contributed by atoms with van der Waals surface area (Å²) in [5, 5.41) is 2.78. The quantitative estimate of drug-likeness (QED) is 0.828. The molecule has 2 amide bonds. The maximum absolute atomic E-state index is 12.2. The van der Waals surface area contributed by atoms with Crippen molar-refractivity contribution < 1.29 is 9.59 Å². The first-order valence-corrected chi connectivity index (χ1v) is 6.54. The van der Waals surface area contributed by atoms with Crippen LogP contribution in [0.5, 0.6) is 0 Å². The molecule has 2 rings (SSSR count). The van der Waals surface area contributed by atoms with E-state index in [1.807, 2.05) is 11.5 Å². The molecule has 0 aromatic carbocycles. The number of amides is 2. The maximum Gasteiger partial charge on any atom is 0.268 e. The van der Waals surface area contributed by atoms with Gasteiger partial charge < -0.3 is 20.5 Å². The molecule has 19 heavy (non-hydrogen) atoms. The van der Waals surface area contributed by atoms with Gasteiger partial charge in [-0.25, -0.2) is 0 Å². The molecule has 1 unspecified atom stereocenters. The number of likely N-dealkylation sites (N-methyl/N-ethyl adjacent to an activating group) is 1. The third-order valence-corrected chi connectivity index (χ3v) is 3.35. The Morgan fingerprint density at radius 1 is 1.58 bits per heavy atom. The van der Waals surface area contributed by atoms with Crippen LogP contribution in [0.3, 0.4) is 0 Å². The van der Waals surface area contributed by atoms with Crippen LogP contribution < -0.4 is 11.1 Å². The molecule has 6 heteroatoms. The summed E-state index contributed by atoms with van der Waals surface area (Å²) in [7, 11) is 1.74. The predicted octanol–water partition coefficient (Wildman–Crippen LogP) is 0.441. The second-order valence-corrected chi connectivity index (χ2v) is 4.93. The van der Waals surface area contributed by atoms with Crippen LogP contribution in [0, 0.1) is 0 Å². The van der Waals surface area contributed by atoms with Crippen molar-refractivity contribution in [2.75, 3.05) is 19.3 Å². The topological polar surface area (TPSA) is 80.4 Å². The molecule has 0 bridgehead atoms. The molecule has 1 atom stereocenters. The van der Waals surface area contributed by atoms with Crippen molar-refractivity contribution >= 4 is 17.5 Å². The molecule has 1 saturated heterocycles. The Bertz CT molecular complexity index is 495. The van der Waals surface area contributed by atoms with Crippen LogP contribution in [-0.2, 0) is 11.3 Å². The van der Waals surface area contributed by atoms with E-state index in [1.54, 1.807) is 24.2 Å². The highest BCUT2D eigenvalue weighted by atomic mass is 16.2. The molecule has 1 aromatic rings. The molecule has 1 aliphatic rings. The molecule has 3 N–H and O–H groups in total. The Balaban J connectivity index is 2.10. The van der Waals surface area contributed by atoms with Gasteiger partial charge in [0.15, 0.2) is 0 Å². The molecule has 1 aromatic heterocycles. The lowest BCUT2D eigenvalue weighted by Gasteiger charge is -2.13. The monoisotopic (exact) mass is 264 g/mol. The first kappa shape index (κ1) is 13.5. The number of rotatable bonds is 4. The molecule has 0 spiro atoms. The van der Waals surface area contributed by atoms with E-state index < -0.39 is 6.04 Å². The summed E-state index contributed by atoms with van der Waals surface area (Å²) < 4.78 is 1.83. The molecule has 6 nitrogen and oxygen atoms in total. The van der Waals surface area contributed by atoms with E-state index >= 15 is 0 Å². The van der Waals surface area contributed by atoms with Crippen LogP contribution in [0.1, 0.15) is 30.3 Å². The molecule has 104 valence electrons. The lowest BCUT2D eigenvalue weighted by molar-refractivity contribution is -0.128. The average Bonchev–Trinajstić information content (AvgIpc) is 2.87. The van der Waals surface area contributed by atoms with Crippen molar-refractivity contribution in [3.63, 3.8) is 0 Å². The van der Waals surface area contributed by atoms with Crippen LogP contribution in [0.15, 0.2) is 12.3 Å². The number of aryl methyl sites for hydroxylation is 1. The van der Waals surface area contributed by atoms with Gasteiger partial charge in [-0.2, -0.15) is 0 Å². The van der Waals surface area contributed by atoms with Gasteiger partial charge >= 0.3 is 0 Å². The second-order valence-electron chi connectivity index (χ2n) is 4.93. The normalized spacial score (nSPS) is 18.9. The number of anilines is 1. The molecule has 2 heterocycles. The van der Waals surface area contributed by atoms with Gasteiger partial charge in [0.25, 0.3) is 5.91 Å². The minimum Gasteiger partial charge on any atom is -0.397 e. The molecule has 0 radical (unpaired) electrons. The van der Waals surface area contributed by atoms with Gasteiger partial charge in [0.05, 0.1) is 5.69 Å². The summed E-state index contributed by atoms with van der Waals surface area (Å²) >= 11 is 0. The summed E-state index contributed by atoms with van der Waals surface area (Å²) in [5.41, 5.74) is 6.81. The number of nitrogens with two attached hydrogens (primary N) is 1. The zero-order chi connectivity index (χ0) is 14.0. The van der Waals surface area contributed by atoms with Crippen LogP contribution in [0.4, 0.5) is 5.69 Å². The Hall–Kier alpha value is -1.98. The lowest BCUT2D eigenvalue weighted by atomic mass is 10.2. The number of hydrogen-bond donors (Lipinski definition) is 2. The Morgan fingerprint density at radius 3 is 2.89 bits per heavy atom. The van der Waals surface area contributed by atoms with Crippen molar-refractivity contribution in [3.05, 3.63) is 18.0 Å². The number of aromatic nitrogens is 1. The first-order valence-electron chi connectivity index (χ1n) is 6.54. The second kappa shape index (κ2) is 5.34. The summed E-state index contributed by atoms with van der Waals surface area (Å²) in [6.07, 6.45) is 3.32. The van der Waals surface area contributed by atoms with Crippen molar-refractivity contribution in [2.45, 2.75) is 32.4 Å². The predicted molar refractivity (Wildman–Crippen MR) is 72.6 cm³/mol. The van der Waals surface area contributed by atoms with Gasteiger partial charge in [-0.05, 0) is 18.9 Å². The fraction of sp³-hybridized carbons (Fsp3) is 0.538. The number of hydrogen-bond acceptors (Lipinski definition) is 3. The summed E-state index contributed by atoms with van der Waals surface area (Å²) in [4.78, 5) is 25.6. The van der Waals surface area contributed by atoms with Crippen molar-refractivity contribution in [1.82, 2.24) is 14.8 Å². The van der Waals surface area contributed by atoms with Crippen molar-refractivity contribution in [2.24, 2.45) is 0 Å². The lowest BCUT2D eigenvalue weighted by Crippen LogP contribution is -2.41. The Morgan fingerprint density at radius 2 is 2.32 bits per heavy atom. The van der Waals surface area contributed by atoms with Crippen LogP contribution >= 0.6 is 0 Å². The van der Waals surface area contributed by atoms with Crippen LogP contribution in [0.2, 0.25) is 0 Å². The largest absolute Gasteiger partial charge is 0.397 e. The standard InChI is InChI=1S/C13H20N4O2/c1-3-5-17-8-9(14)7-11(17)12(18)15-10-4-6-16(2)13(10)19/h7-8,10H,3-6,14H2,1-2H3,(H,15,18). The van der Waals surface area contributed by atoms with E-state index in [9.17, 15) is 9.59 Å². The minimum absolute atomic E-state index is 0.0325. The molecule has 0 saturated carbocycles. The van der Waals surface area contributed by atoms with Crippen LogP contribution in [0.25, 0.3) is 0 Å². The van der Waals surface area contributed by atoms with Gasteiger partial charge in [0, 0.05) is 26.3 Å². The molecular weight excluding hydrogens is 244 g/mol. The van der Waals surface area contributed by atoms with E-state index in [1.165, 1.54) is 0 Å². The molecular formula is C13H20N4O2. The molecule has 0 aliphatic carbocycles. The summed E-state index contributed by atoms with van der Waals surface area (Å²) in [6, 6.07) is 1.23. The van der Waals surface area contributed by atoms with E-state index in [0.717, 1.165) is 13.0 Å². The van der Waals surface area contributed by atoms with Gasteiger partial charge in [-0.15, -0.1) is 0 Å². The van der Waals surface area contributed by atoms with Gasteiger partial charge in [0.1, 0.15) is 11.7 Å². The van der Waals surface area contributed by atoms with E-state index in [-0.39, 0.29) is 11.8 Å². The van der Waals surface area contributed by atoms with E-state index in [4.69, 9.17) is 5.73 Å². The van der Waals surface area contributed by atoms with Gasteiger partial charge in [-0.1, -0.05) is 6.92 Å². The zero-order valence-corrected chi connectivity index (χ0v) is 11.3. The number of nitrogen functional groups attached to an aromatic ring is 1. The fourth-order valence-corrected chi connectivity index (χ4v) is 2.34. The van der Waals surface area contributed by atoms with Gasteiger partial charge in [0.2, 0.25) is 5.91 Å². The van der Waals surface area contributed by atoms with E-state index in [0.29, 0.717) is 24.3 Å². The number of nitrogens with one attached hydrogen (secondary N) is 1.